The van der Waals surface area contributed by atoms with Crippen molar-refractivity contribution in [1.82, 2.24) is 0 Å². The van der Waals surface area contributed by atoms with Crippen molar-refractivity contribution < 1.29 is 0 Å². The summed E-state index contributed by atoms with van der Waals surface area (Å²) < 4.78 is 0. The van der Waals surface area contributed by atoms with Crippen LogP contribution in [0, 0.1) is 0 Å². The Morgan fingerprint density at radius 3 is 1.12 bits per heavy atom. The van der Waals surface area contributed by atoms with Crippen LogP contribution in [0.15, 0.2) is 255 Å². The van der Waals surface area contributed by atoms with Gasteiger partial charge in [-0.25, -0.2) is 0 Å². The number of benzene rings is 12. The summed E-state index contributed by atoms with van der Waals surface area (Å²) in [6, 6.07) is 96.6. The molecular formula is C80H69BN2. The Morgan fingerprint density at radius 2 is 0.651 bits per heavy atom. The molecule has 3 heteroatoms. The van der Waals surface area contributed by atoms with Crippen molar-refractivity contribution in [3.05, 3.63) is 271 Å². The van der Waals surface area contributed by atoms with Crippen LogP contribution in [0.3, 0.4) is 0 Å². The highest BCUT2D eigenvalue weighted by Gasteiger charge is 2.45. The van der Waals surface area contributed by atoms with Gasteiger partial charge in [0.05, 0.1) is 5.69 Å². The maximum atomic E-state index is 2.69. The summed E-state index contributed by atoms with van der Waals surface area (Å²) in [6.07, 6.45) is 0. The molecule has 12 aromatic carbocycles. The molecule has 0 saturated heterocycles. The van der Waals surface area contributed by atoms with Crippen molar-refractivity contribution in [2.24, 2.45) is 0 Å². The molecule has 0 unspecified atom stereocenters. The molecule has 0 bridgehead atoms. The van der Waals surface area contributed by atoms with E-state index in [-0.39, 0.29) is 23.0 Å². The third-order valence-corrected chi connectivity index (χ3v) is 17.7. The van der Waals surface area contributed by atoms with E-state index in [9.17, 15) is 0 Å². The fourth-order valence-electron chi connectivity index (χ4n) is 13.4. The Hall–Kier alpha value is -9.18. The van der Waals surface area contributed by atoms with E-state index >= 15 is 0 Å². The average Bonchev–Trinajstić information content (AvgIpc) is 0.920. The Bertz CT molecular complexity index is 4350. The molecule has 0 saturated carbocycles. The predicted octanol–water partition coefficient (Wildman–Crippen LogP) is 20.3. The summed E-state index contributed by atoms with van der Waals surface area (Å²) in [4.78, 5) is 5.31. The molecule has 0 N–H and O–H groups in total. The largest absolute Gasteiger partial charge is 0.311 e. The first kappa shape index (κ1) is 51.9. The minimum absolute atomic E-state index is 0.0196. The van der Waals surface area contributed by atoms with E-state index in [1.807, 2.05) is 0 Å². The first-order valence-electron chi connectivity index (χ1n) is 29.6. The summed E-state index contributed by atoms with van der Waals surface area (Å²) >= 11 is 0. The van der Waals surface area contributed by atoms with E-state index < -0.39 is 0 Å². The fourth-order valence-corrected chi connectivity index (χ4v) is 13.4. The number of fused-ring (bicyclic) bond motifs is 6. The summed E-state index contributed by atoms with van der Waals surface area (Å²) in [5.41, 5.74) is 26.6. The standard InChI is InChI=1S/C80H69BN2/c1-78(2,3)58-40-42-61(43-41-58)82-70-47-57(75-64-36-24-22-34-62(64)74(55-32-20-13-21-33-55)63-35-23-25-37-65(63)75)39-45-68(70)81-69-44-38-56(52-26-14-10-15-27-52)46-71(69)83(73-51-60(80(7,8)9)50-72(82)76(73)81)77-66(53-28-16-11-17-29-53)48-59(79(4,5)6)49-67(77)54-30-18-12-19-31-54/h10-51H,1-9H3. The lowest BCUT2D eigenvalue weighted by Gasteiger charge is -2.46. The Balaban J connectivity index is 1.12. The van der Waals surface area contributed by atoms with Gasteiger partial charge in [-0.1, -0.05) is 269 Å². The number of rotatable bonds is 7. The first-order chi connectivity index (χ1) is 40.1. The molecule has 12 aromatic rings. The minimum Gasteiger partial charge on any atom is -0.311 e. The molecule has 0 aromatic heterocycles. The van der Waals surface area contributed by atoms with Gasteiger partial charge in [0.1, 0.15) is 0 Å². The highest BCUT2D eigenvalue weighted by molar-refractivity contribution is 7.00. The highest BCUT2D eigenvalue weighted by atomic mass is 15.2. The minimum atomic E-state index is -0.221. The van der Waals surface area contributed by atoms with Crippen molar-refractivity contribution in [1.29, 1.82) is 0 Å². The fraction of sp³-hybridized carbons (Fsp3) is 0.150. The molecule has 0 fully saturated rings. The van der Waals surface area contributed by atoms with Crippen molar-refractivity contribution in [2.45, 2.75) is 78.6 Å². The van der Waals surface area contributed by atoms with Gasteiger partial charge in [-0.15, -0.1) is 0 Å². The molecular weight excluding hydrogens is 1000 g/mol. The molecule has 0 spiro atoms. The van der Waals surface area contributed by atoms with Crippen molar-refractivity contribution >= 4 is 78.8 Å². The van der Waals surface area contributed by atoms with Gasteiger partial charge in [0.2, 0.25) is 0 Å². The molecule has 0 aliphatic carbocycles. The second-order valence-corrected chi connectivity index (χ2v) is 26.1. The quantitative estimate of drug-likeness (QED) is 0.116. The van der Waals surface area contributed by atoms with E-state index in [1.54, 1.807) is 0 Å². The van der Waals surface area contributed by atoms with Crippen LogP contribution in [-0.4, -0.2) is 6.71 Å². The van der Waals surface area contributed by atoms with Crippen LogP contribution >= 0.6 is 0 Å². The van der Waals surface area contributed by atoms with Crippen LogP contribution < -0.4 is 26.2 Å². The molecule has 14 rings (SSSR count). The number of hydrogen-bond acceptors (Lipinski definition) is 2. The first-order valence-corrected chi connectivity index (χ1v) is 29.6. The van der Waals surface area contributed by atoms with E-state index in [1.165, 1.54) is 139 Å². The molecule has 0 radical (unpaired) electrons. The second-order valence-electron chi connectivity index (χ2n) is 26.1. The monoisotopic (exact) mass is 1070 g/mol. The smallest absolute Gasteiger partial charge is 0.252 e. The van der Waals surface area contributed by atoms with Gasteiger partial charge in [0.25, 0.3) is 6.71 Å². The van der Waals surface area contributed by atoms with Gasteiger partial charge in [-0.3, -0.25) is 0 Å². The molecule has 0 atom stereocenters. The normalized spacial score (nSPS) is 13.0. The van der Waals surface area contributed by atoms with E-state index in [2.05, 4.69) is 327 Å². The predicted molar refractivity (Wildman–Crippen MR) is 359 cm³/mol. The van der Waals surface area contributed by atoms with Gasteiger partial charge in [-0.05, 0) is 164 Å². The van der Waals surface area contributed by atoms with Crippen LogP contribution in [0.2, 0.25) is 0 Å². The topological polar surface area (TPSA) is 6.48 Å². The van der Waals surface area contributed by atoms with Crippen LogP contribution in [0.4, 0.5) is 34.1 Å². The second kappa shape index (κ2) is 19.8. The Labute approximate surface area is 491 Å². The van der Waals surface area contributed by atoms with Crippen molar-refractivity contribution in [3.8, 4) is 55.6 Å². The third-order valence-electron chi connectivity index (χ3n) is 17.7. The zero-order valence-electron chi connectivity index (χ0n) is 49.2. The van der Waals surface area contributed by atoms with Crippen molar-refractivity contribution in [3.63, 3.8) is 0 Å². The molecule has 2 aliphatic heterocycles. The van der Waals surface area contributed by atoms with Gasteiger partial charge >= 0.3 is 0 Å². The van der Waals surface area contributed by atoms with Crippen molar-refractivity contribution in [2.75, 3.05) is 9.80 Å². The number of nitrogens with zero attached hydrogens (tertiary/aromatic N) is 2. The summed E-state index contributed by atoms with van der Waals surface area (Å²) in [5, 5.41) is 4.99. The summed E-state index contributed by atoms with van der Waals surface area (Å²) in [6.45, 7) is 21.0. The van der Waals surface area contributed by atoms with E-state index in [0.717, 1.165) is 5.69 Å². The van der Waals surface area contributed by atoms with Crippen LogP contribution in [0.5, 0.6) is 0 Å². The lowest BCUT2D eigenvalue weighted by atomic mass is 9.33. The van der Waals surface area contributed by atoms with Gasteiger partial charge in [0.15, 0.2) is 0 Å². The van der Waals surface area contributed by atoms with Gasteiger partial charge in [0, 0.05) is 39.6 Å². The van der Waals surface area contributed by atoms with E-state index in [0.29, 0.717) is 0 Å². The van der Waals surface area contributed by atoms with Crippen LogP contribution in [-0.2, 0) is 16.2 Å². The average molecular weight is 1070 g/mol. The SMILES string of the molecule is CC(C)(C)c1ccc(N2c3cc(-c4c5ccccc5c(-c5ccccc5)c5ccccc45)ccc3B3c4ccc(-c5ccccc5)cc4N(c4c(-c5ccccc5)cc(C(C)(C)C)cc4-c4ccccc4)c4cc(C(C)(C)C)cc2c43)cc1. The highest BCUT2D eigenvalue weighted by Crippen LogP contribution is 2.54. The molecule has 2 aliphatic rings. The molecule has 83 heavy (non-hydrogen) atoms. The van der Waals surface area contributed by atoms with Crippen LogP contribution in [0.25, 0.3) is 77.2 Å². The Kier molecular flexibility index (Phi) is 12.4. The zero-order chi connectivity index (χ0) is 56.9. The number of hydrogen-bond donors (Lipinski definition) is 0. The molecule has 0 amide bonds. The molecule has 2 heterocycles. The van der Waals surface area contributed by atoms with Gasteiger partial charge < -0.3 is 9.80 Å². The van der Waals surface area contributed by atoms with Crippen LogP contribution in [0.1, 0.15) is 79.0 Å². The lowest BCUT2D eigenvalue weighted by molar-refractivity contribution is 0.590. The van der Waals surface area contributed by atoms with E-state index in [4.69, 9.17) is 0 Å². The lowest BCUT2D eigenvalue weighted by Crippen LogP contribution is -2.61. The summed E-state index contributed by atoms with van der Waals surface area (Å²) in [7, 11) is 0. The molecule has 402 valence electrons. The van der Waals surface area contributed by atoms with Gasteiger partial charge in [-0.2, -0.15) is 0 Å². The Morgan fingerprint density at radius 1 is 0.277 bits per heavy atom. The summed E-state index contributed by atoms with van der Waals surface area (Å²) in [5.74, 6) is 0. The third kappa shape index (κ3) is 8.88. The molecule has 2 nitrogen and oxygen atoms in total. The zero-order valence-corrected chi connectivity index (χ0v) is 49.2. The number of anilines is 6. The maximum absolute atomic E-state index is 2.69. The maximum Gasteiger partial charge on any atom is 0.252 e.